The van der Waals surface area contributed by atoms with Gasteiger partial charge < -0.3 is 9.32 Å². The molecular weight excluding hydrogens is 310 g/mol. The van der Waals surface area contributed by atoms with E-state index < -0.39 is 0 Å². The summed E-state index contributed by atoms with van der Waals surface area (Å²) in [5.41, 5.74) is 5.07. The van der Waals surface area contributed by atoms with Gasteiger partial charge in [0, 0.05) is 30.4 Å². The highest BCUT2D eigenvalue weighted by Gasteiger charge is 2.15. The Labute approximate surface area is 149 Å². The minimum Gasteiger partial charge on any atom is -0.452 e. The van der Waals surface area contributed by atoms with Crippen LogP contribution in [0.15, 0.2) is 34.7 Å². The summed E-state index contributed by atoms with van der Waals surface area (Å²) in [5.74, 6) is 0.844. The number of hydrogen-bond donors (Lipinski definition) is 0. The Hall–Kier alpha value is -2.36. The van der Waals surface area contributed by atoms with Gasteiger partial charge in [0.25, 0.3) is 0 Å². The number of rotatable bonds is 5. The Bertz CT molecular complexity index is 916. The minimum absolute atomic E-state index is 0.839. The Kier molecular flexibility index (Phi) is 5.07. The van der Waals surface area contributed by atoms with E-state index in [1.54, 1.807) is 0 Å². The first-order chi connectivity index (χ1) is 12.1. The van der Waals surface area contributed by atoms with Crippen LogP contribution in [-0.4, -0.2) is 31.2 Å². The summed E-state index contributed by atoms with van der Waals surface area (Å²) < 4.78 is 8.59. The number of nitrogens with zero attached hydrogens (tertiary/aromatic N) is 3. The van der Waals surface area contributed by atoms with Crippen LogP contribution >= 0.6 is 0 Å². The first-order valence-electron chi connectivity index (χ1n) is 9.29. The topological polar surface area (TPSA) is 32.3 Å². The molecule has 1 aromatic carbocycles. The molecule has 0 unspecified atom stereocenters. The van der Waals surface area contributed by atoms with Crippen LogP contribution in [-0.2, 0) is 0 Å². The molecule has 132 valence electrons. The number of hydrogen-bond acceptors (Lipinski definition) is 3. The van der Waals surface area contributed by atoms with Crippen LogP contribution in [0.25, 0.3) is 22.6 Å². The first kappa shape index (κ1) is 17.5. The Morgan fingerprint density at radius 1 is 1.00 bits per heavy atom. The van der Waals surface area contributed by atoms with Crippen molar-refractivity contribution in [2.45, 2.75) is 34.6 Å². The average molecular weight is 338 g/mol. The van der Waals surface area contributed by atoms with E-state index in [2.05, 4.69) is 74.4 Å². The van der Waals surface area contributed by atoms with Gasteiger partial charge >= 0.3 is 0 Å². The summed E-state index contributed by atoms with van der Waals surface area (Å²) in [6.45, 7) is 14.8. The quantitative estimate of drug-likeness (QED) is 0.522. The van der Waals surface area contributed by atoms with Gasteiger partial charge in [-0.1, -0.05) is 0 Å². The molecule has 0 radical (unpaired) electrons. The molecule has 1 aromatic rings. The van der Waals surface area contributed by atoms with Crippen molar-refractivity contribution in [2.24, 2.45) is 0 Å². The summed E-state index contributed by atoms with van der Waals surface area (Å²) in [5, 5.41) is 1.22. The molecule has 4 heteroatoms. The largest absolute Gasteiger partial charge is 0.452 e. The summed E-state index contributed by atoms with van der Waals surface area (Å²) in [6, 6.07) is 10.5. The van der Waals surface area contributed by atoms with Gasteiger partial charge in [-0.25, -0.2) is 9.56 Å². The van der Waals surface area contributed by atoms with Crippen molar-refractivity contribution in [2.75, 3.05) is 31.1 Å². The van der Waals surface area contributed by atoms with Gasteiger partial charge in [-0.2, -0.15) is 0 Å². The summed E-state index contributed by atoms with van der Waals surface area (Å²) in [4.78, 5) is 7.13. The number of benzene rings is 2. The van der Waals surface area contributed by atoms with Gasteiger partial charge in [-0.15, -0.1) is 0 Å². The maximum absolute atomic E-state index is 6.24. The minimum atomic E-state index is 0.839. The SMILES string of the molecule is CCN(CC)c1ccc2nc3cc(C)c(=[N+](CC)CC)cc-3oc2c1. The third kappa shape index (κ3) is 3.26. The molecule has 0 aromatic heterocycles. The molecular formula is C21H28N3O+. The van der Waals surface area contributed by atoms with Crippen LogP contribution < -0.4 is 14.8 Å². The molecule has 0 amide bonds. The monoisotopic (exact) mass is 338 g/mol. The molecule has 0 N–H and O–H groups in total. The Morgan fingerprint density at radius 2 is 1.72 bits per heavy atom. The summed E-state index contributed by atoms with van der Waals surface area (Å²) in [7, 11) is 0. The molecule has 3 rings (SSSR count). The van der Waals surface area contributed by atoms with Gasteiger partial charge in [0.05, 0.1) is 6.07 Å². The number of aromatic nitrogens is 1. The van der Waals surface area contributed by atoms with Crippen molar-refractivity contribution in [3.63, 3.8) is 0 Å². The Balaban J connectivity index is 2.24. The van der Waals surface area contributed by atoms with E-state index in [1.165, 1.54) is 16.6 Å². The molecule has 25 heavy (non-hydrogen) atoms. The third-order valence-electron chi connectivity index (χ3n) is 4.91. The molecule has 0 saturated carbocycles. The molecule has 0 atom stereocenters. The fraction of sp³-hybridized carbons (Fsp3) is 0.429. The molecule has 4 nitrogen and oxygen atoms in total. The van der Waals surface area contributed by atoms with Crippen LogP contribution in [0.2, 0.25) is 0 Å². The Morgan fingerprint density at radius 3 is 2.36 bits per heavy atom. The predicted octanol–water partition coefficient (Wildman–Crippen LogP) is 3.90. The molecule has 0 spiro atoms. The van der Waals surface area contributed by atoms with E-state index >= 15 is 0 Å². The lowest BCUT2D eigenvalue weighted by Gasteiger charge is -2.21. The second-order valence-electron chi connectivity index (χ2n) is 6.32. The van der Waals surface area contributed by atoms with E-state index in [0.717, 1.165) is 48.7 Å². The standard InChI is InChI=1S/C21H28N3O/c1-6-23(7-2)16-10-11-17-20(13-16)25-21-14-19(24(8-3)9-4)15(5)12-18(21)22-17/h10-14H,6-9H2,1-5H3/q+1. The lowest BCUT2D eigenvalue weighted by Crippen LogP contribution is -2.31. The van der Waals surface area contributed by atoms with Crippen molar-refractivity contribution in [3.8, 4) is 11.5 Å². The smallest absolute Gasteiger partial charge is 0.206 e. The number of fused-ring (bicyclic) bond motifs is 2. The van der Waals surface area contributed by atoms with Crippen LogP contribution in [0.1, 0.15) is 33.3 Å². The maximum atomic E-state index is 6.24. The van der Waals surface area contributed by atoms with Crippen molar-refractivity contribution < 1.29 is 4.42 Å². The highest BCUT2D eigenvalue weighted by Crippen LogP contribution is 2.27. The first-order valence-corrected chi connectivity index (χ1v) is 9.29. The number of anilines is 1. The lowest BCUT2D eigenvalue weighted by molar-refractivity contribution is 0.598. The van der Waals surface area contributed by atoms with E-state index in [0.29, 0.717) is 0 Å². The zero-order valence-corrected chi connectivity index (χ0v) is 16.0. The molecule has 0 bridgehead atoms. The van der Waals surface area contributed by atoms with Gasteiger partial charge in [0.15, 0.2) is 11.3 Å². The highest BCUT2D eigenvalue weighted by molar-refractivity contribution is 5.80. The highest BCUT2D eigenvalue weighted by atomic mass is 16.3. The van der Waals surface area contributed by atoms with Crippen LogP contribution in [0, 0.1) is 6.92 Å². The maximum Gasteiger partial charge on any atom is 0.206 e. The van der Waals surface area contributed by atoms with E-state index in [1.807, 2.05) is 0 Å². The molecule has 1 aliphatic heterocycles. The molecule has 2 aliphatic rings. The van der Waals surface area contributed by atoms with Crippen molar-refractivity contribution in [1.82, 2.24) is 9.56 Å². The predicted molar refractivity (Wildman–Crippen MR) is 105 cm³/mol. The molecule has 0 saturated heterocycles. The fourth-order valence-corrected chi connectivity index (χ4v) is 3.45. The molecule has 0 fully saturated rings. The van der Waals surface area contributed by atoms with Gasteiger partial charge in [0.1, 0.15) is 24.3 Å². The van der Waals surface area contributed by atoms with Crippen LogP contribution in [0.4, 0.5) is 5.69 Å². The van der Waals surface area contributed by atoms with Crippen molar-refractivity contribution >= 4 is 16.8 Å². The van der Waals surface area contributed by atoms with Gasteiger partial charge in [-0.05, 0) is 52.8 Å². The van der Waals surface area contributed by atoms with E-state index in [-0.39, 0.29) is 0 Å². The number of aryl methyl sites for hydroxylation is 1. The second-order valence-corrected chi connectivity index (χ2v) is 6.32. The second kappa shape index (κ2) is 7.26. The molecule has 1 heterocycles. The normalized spacial score (nSPS) is 11.2. The zero-order valence-electron chi connectivity index (χ0n) is 16.0. The van der Waals surface area contributed by atoms with Gasteiger partial charge in [0.2, 0.25) is 5.36 Å². The van der Waals surface area contributed by atoms with Crippen LogP contribution in [0.3, 0.4) is 0 Å². The molecule has 1 aliphatic carbocycles. The summed E-state index contributed by atoms with van der Waals surface area (Å²) in [6.07, 6.45) is 0. The fourth-order valence-electron chi connectivity index (χ4n) is 3.45. The lowest BCUT2D eigenvalue weighted by atomic mass is 10.1. The van der Waals surface area contributed by atoms with Gasteiger partial charge in [-0.3, -0.25) is 0 Å². The summed E-state index contributed by atoms with van der Waals surface area (Å²) >= 11 is 0. The van der Waals surface area contributed by atoms with E-state index in [4.69, 9.17) is 9.40 Å². The van der Waals surface area contributed by atoms with Crippen molar-refractivity contribution in [1.29, 1.82) is 0 Å². The van der Waals surface area contributed by atoms with E-state index in [9.17, 15) is 0 Å². The zero-order chi connectivity index (χ0) is 18.0. The average Bonchev–Trinajstić information content (AvgIpc) is 2.62. The van der Waals surface area contributed by atoms with Crippen LogP contribution in [0.5, 0.6) is 0 Å². The van der Waals surface area contributed by atoms with Crippen molar-refractivity contribution in [3.05, 3.63) is 41.3 Å². The third-order valence-corrected chi connectivity index (χ3v) is 4.91.